The fourth-order valence-electron chi connectivity index (χ4n) is 1.35. The molecule has 0 spiro atoms. The Balaban J connectivity index is 2.45. The summed E-state index contributed by atoms with van der Waals surface area (Å²) < 4.78 is 60.8. The van der Waals surface area contributed by atoms with Gasteiger partial charge in [0.2, 0.25) is 0 Å². The molecular formula is C11H10F5NO. The lowest BCUT2D eigenvalue weighted by atomic mass is 10.1. The average Bonchev–Trinajstić information content (AvgIpc) is 2.12. The second-order valence-electron chi connectivity index (χ2n) is 3.71. The number of halogens is 5. The van der Waals surface area contributed by atoms with E-state index in [2.05, 4.69) is 0 Å². The molecule has 0 aliphatic carbocycles. The maximum Gasteiger partial charge on any atom is 0.401 e. The van der Waals surface area contributed by atoms with Gasteiger partial charge in [-0.05, 0) is 17.7 Å². The number of alkyl halides is 3. The molecule has 0 aromatic heterocycles. The van der Waals surface area contributed by atoms with Crippen LogP contribution in [0.5, 0.6) is 0 Å². The summed E-state index contributed by atoms with van der Waals surface area (Å²) in [6, 6.07) is 2.57. The highest BCUT2D eigenvalue weighted by Gasteiger charge is 2.26. The number of rotatable bonds is 5. The highest BCUT2D eigenvalue weighted by molar-refractivity contribution is 5.82. The topological polar surface area (TPSA) is 29.1 Å². The van der Waals surface area contributed by atoms with Crippen molar-refractivity contribution in [1.82, 2.24) is 5.32 Å². The monoisotopic (exact) mass is 267 g/mol. The molecule has 1 aromatic rings. The molecule has 0 atom stereocenters. The normalized spacial score (nSPS) is 11.6. The van der Waals surface area contributed by atoms with E-state index >= 15 is 0 Å². The van der Waals surface area contributed by atoms with E-state index in [1.54, 1.807) is 0 Å². The first kappa shape index (κ1) is 14.6. The molecule has 2 nitrogen and oxygen atoms in total. The maximum atomic E-state index is 12.8. The molecule has 1 N–H and O–H groups in total. The molecule has 1 rings (SSSR count). The quantitative estimate of drug-likeness (QED) is 0.829. The highest BCUT2D eigenvalue weighted by Crippen LogP contribution is 2.12. The van der Waals surface area contributed by atoms with Gasteiger partial charge in [-0.15, -0.1) is 0 Å². The highest BCUT2D eigenvalue weighted by atomic mass is 19.4. The van der Waals surface area contributed by atoms with Crippen LogP contribution in [-0.4, -0.2) is 25.0 Å². The minimum absolute atomic E-state index is 0.0892. The first-order valence-corrected chi connectivity index (χ1v) is 5.00. The second-order valence-corrected chi connectivity index (χ2v) is 3.71. The second kappa shape index (κ2) is 5.90. The van der Waals surface area contributed by atoms with Crippen LogP contribution >= 0.6 is 0 Å². The zero-order valence-electron chi connectivity index (χ0n) is 9.15. The average molecular weight is 267 g/mol. The third-order valence-corrected chi connectivity index (χ3v) is 1.97. The number of hydrogen-bond donors (Lipinski definition) is 1. The molecule has 0 bridgehead atoms. The third kappa shape index (κ3) is 5.72. The summed E-state index contributed by atoms with van der Waals surface area (Å²) in [5, 5.41) is 1.91. The van der Waals surface area contributed by atoms with Gasteiger partial charge in [-0.25, -0.2) is 8.78 Å². The van der Waals surface area contributed by atoms with Gasteiger partial charge in [-0.1, -0.05) is 0 Å². The van der Waals surface area contributed by atoms with E-state index in [1.807, 2.05) is 5.32 Å². The van der Waals surface area contributed by atoms with Gasteiger partial charge in [0.15, 0.2) is 5.78 Å². The van der Waals surface area contributed by atoms with E-state index in [-0.39, 0.29) is 12.0 Å². The summed E-state index contributed by atoms with van der Waals surface area (Å²) in [4.78, 5) is 11.2. The van der Waals surface area contributed by atoms with E-state index in [1.165, 1.54) is 0 Å². The fraction of sp³-hybridized carbons (Fsp3) is 0.364. The molecule has 0 aliphatic heterocycles. The lowest BCUT2D eigenvalue weighted by Crippen LogP contribution is -2.33. The van der Waals surface area contributed by atoms with Crippen LogP contribution in [0.15, 0.2) is 18.2 Å². The van der Waals surface area contributed by atoms with Crippen LogP contribution < -0.4 is 5.32 Å². The Morgan fingerprint density at radius 3 is 2.17 bits per heavy atom. The van der Waals surface area contributed by atoms with E-state index in [9.17, 15) is 26.7 Å². The number of ketones is 1. The summed E-state index contributed by atoms with van der Waals surface area (Å²) in [6.45, 7) is -1.78. The van der Waals surface area contributed by atoms with Gasteiger partial charge in [-0.2, -0.15) is 13.2 Å². The lowest BCUT2D eigenvalue weighted by Gasteiger charge is -2.07. The SMILES string of the molecule is O=C(CNCC(F)(F)F)Cc1cc(F)cc(F)c1. The summed E-state index contributed by atoms with van der Waals surface area (Å²) in [5.41, 5.74) is 0.0892. The molecule has 0 saturated heterocycles. The Kier molecular flexibility index (Phi) is 4.77. The standard InChI is InChI=1S/C11H10F5NO/c12-8-1-7(2-9(13)4-8)3-10(18)5-17-6-11(14,15)16/h1-2,4,17H,3,5-6H2. The summed E-state index contributed by atoms with van der Waals surface area (Å²) in [6.07, 6.45) is -4.72. The molecule has 0 amide bonds. The largest absolute Gasteiger partial charge is 0.401 e. The number of nitrogens with one attached hydrogen (secondary N) is 1. The molecule has 0 unspecified atom stereocenters. The summed E-state index contributed by atoms with van der Waals surface area (Å²) in [7, 11) is 0. The Morgan fingerprint density at radius 2 is 1.67 bits per heavy atom. The van der Waals surface area contributed by atoms with E-state index in [0.29, 0.717) is 6.07 Å². The lowest BCUT2D eigenvalue weighted by molar-refractivity contribution is -0.127. The molecule has 0 saturated carbocycles. The van der Waals surface area contributed by atoms with Gasteiger partial charge < -0.3 is 5.32 Å². The van der Waals surface area contributed by atoms with Crippen LogP contribution in [0.4, 0.5) is 22.0 Å². The predicted molar refractivity (Wildman–Crippen MR) is 54.0 cm³/mol. The Bertz CT molecular complexity index is 410. The zero-order chi connectivity index (χ0) is 13.8. The molecule has 0 aliphatic rings. The molecule has 1 aromatic carbocycles. The van der Waals surface area contributed by atoms with Crippen molar-refractivity contribution in [2.45, 2.75) is 12.6 Å². The minimum atomic E-state index is -4.40. The molecule has 7 heteroatoms. The van der Waals surface area contributed by atoms with Gasteiger partial charge in [0, 0.05) is 12.5 Å². The first-order valence-electron chi connectivity index (χ1n) is 5.00. The van der Waals surface area contributed by atoms with E-state index < -0.39 is 36.7 Å². The Hall–Kier alpha value is -1.50. The number of carbonyl (C=O) groups excluding carboxylic acids is 1. The smallest absolute Gasteiger partial charge is 0.302 e. The van der Waals surface area contributed by atoms with Gasteiger partial charge >= 0.3 is 6.18 Å². The summed E-state index contributed by atoms with van der Waals surface area (Å²) >= 11 is 0. The molecule has 100 valence electrons. The molecular weight excluding hydrogens is 257 g/mol. The fourth-order valence-corrected chi connectivity index (χ4v) is 1.35. The Labute approximate surface area is 99.8 Å². The number of hydrogen-bond acceptors (Lipinski definition) is 2. The van der Waals surface area contributed by atoms with Crippen LogP contribution in [-0.2, 0) is 11.2 Å². The Morgan fingerprint density at radius 1 is 1.11 bits per heavy atom. The van der Waals surface area contributed by atoms with Crippen molar-refractivity contribution in [3.63, 3.8) is 0 Å². The molecule has 0 fully saturated rings. The number of Topliss-reactive ketones (excluding diaryl/α,β-unsaturated/α-hetero) is 1. The zero-order valence-corrected chi connectivity index (χ0v) is 9.15. The van der Waals surface area contributed by atoms with Crippen molar-refractivity contribution >= 4 is 5.78 Å². The minimum Gasteiger partial charge on any atom is -0.302 e. The van der Waals surface area contributed by atoms with Crippen LogP contribution in [0.25, 0.3) is 0 Å². The van der Waals surface area contributed by atoms with Gasteiger partial charge in [0.1, 0.15) is 11.6 Å². The van der Waals surface area contributed by atoms with Gasteiger partial charge in [0.25, 0.3) is 0 Å². The van der Waals surface area contributed by atoms with Gasteiger partial charge in [0.05, 0.1) is 13.1 Å². The van der Waals surface area contributed by atoms with Crippen LogP contribution in [0.1, 0.15) is 5.56 Å². The predicted octanol–water partition coefficient (Wildman–Crippen LogP) is 2.23. The molecule has 18 heavy (non-hydrogen) atoms. The van der Waals surface area contributed by atoms with Crippen LogP contribution in [0.3, 0.4) is 0 Å². The van der Waals surface area contributed by atoms with Crippen LogP contribution in [0, 0.1) is 11.6 Å². The molecule has 0 heterocycles. The van der Waals surface area contributed by atoms with E-state index in [0.717, 1.165) is 12.1 Å². The van der Waals surface area contributed by atoms with Crippen molar-refractivity contribution in [1.29, 1.82) is 0 Å². The van der Waals surface area contributed by atoms with Crippen molar-refractivity contribution in [2.24, 2.45) is 0 Å². The van der Waals surface area contributed by atoms with Crippen LogP contribution in [0.2, 0.25) is 0 Å². The summed E-state index contributed by atoms with van der Waals surface area (Å²) in [5.74, 6) is -2.24. The maximum absolute atomic E-state index is 12.8. The van der Waals surface area contributed by atoms with Crippen molar-refractivity contribution in [3.8, 4) is 0 Å². The van der Waals surface area contributed by atoms with E-state index in [4.69, 9.17) is 0 Å². The number of carbonyl (C=O) groups is 1. The van der Waals surface area contributed by atoms with Crippen molar-refractivity contribution in [3.05, 3.63) is 35.4 Å². The van der Waals surface area contributed by atoms with Crippen molar-refractivity contribution < 1.29 is 26.7 Å². The third-order valence-electron chi connectivity index (χ3n) is 1.97. The molecule has 0 radical (unpaired) electrons. The first-order chi connectivity index (χ1) is 8.26. The number of benzene rings is 1. The van der Waals surface area contributed by atoms with Gasteiger partial charge in [-0.3, -0.25) is 4.79 Å². The van der Waals surface area contributed by atoms with Crippen molar-refractivity contribution in [2.75, 3.05) is 13.1 Å².